The quantitative estimate of drug-likeness (QED) is 0.641. The summed E-state index contributed by atoms with van der Waals surface area (Å²) in [4.78, 5) is 20.0. The summed E-state index contributed by atoms with van der Waals surface area (Å²) in [5.41, 5.74) is 2.82. The Hall–Kier alpha value is -3.20. The molecule has 2 heterocycles. The monoisotopic (exact) mass is 411 g/mol. The molecule has 29 heavy (non-hydrogen) atoms. The fourth-order valence-corrected chi connectivity index (χ4v) is 3.47. The highest BCUT2D eigenvalue weighted by molar-refractivity contribution is 7.47. The highest BCUT2D eigenvalue weighted by Gasteiger charge is 2.22. The van der Waals surface area contributed by atoms with Crippen LogP contribution in [0.25, 0.3) is 10.9 Å². The average Bonchev–Trinajstić information content (AvgIpc) is 3.13. The van der Waals surface area contributed by atoms with E-state index in [4.69, 9.17) is 17.2 Å². The summed E-state index contributed by atoms with van der Waals surface area (Å²) < 4.78 is 23.4. The van der Waals surface area contributed by atoms with Crippen molar-refractivity contribution in [2.24, 2.45) is 4.36 Å². The second-order valence-electron chi connectivity index (χ2n) is 6.85. The van der Waals surface area contributed by atoms with Gasteiger partial charge in [0.1, 0.15) is 30.3 Å². The van der Waals surface area contributed by atoms with Crippen LogP contribution in [0.2, 0.25) is 0 Å². The number of nitrogens with one attached hydrogen (secondary N) is 2. The second-order valence-corrected chi connectivity index (χ2v) is 7.03. The lowest BCUT2D eigenvalue weighted by Crippen LogP contribution is -2.31. The van der Waals surface area contributed by atoms with Crippen LogP contribution in [-0.2, 0) is 17.2 Å². The number of carbonyl (C=O) groups excluding carboxylic acids is 1. The normalized spacial score (nSPS) is 15.9. The molecule has 0 bridgehead atoms. The standard InChI is InChI=1S/C20H18FN5O2S/c1-11-6-14(26-29)8-16-19(11)20(23-10-22-16)25-15-4-2-12(21)7-17(15)28-9-13-3-5-18(27)24-13/h2,4,6-8,10,13H,3,5,9H2,1H3,(H,24,27)(H,22,23,25). The molecule has 1 aliphatic heterocycles. The number of halogens is 1. The third kappa shape index (κ3) is 4.14. The molecule has 1 aliphatic rings. The zero-order valence-electron chi connectivity index (χ0n) is 15.6. The summed E-state index contributed by atoms with van der Waals surface area (Å²) in [5, 5.41) is 6.87. The maximum Gasteiger partial charge on any atom is 0.220 e. The van der Waals surface area contributed by atoms with Crippen LogP contribution in [0, 0.1) is 12.7 Å². The number of aryl methyl sites for hydroxylation is 1. The van der Waals surface area contributed by atoms with Gasteiger partial charge in [0, 0.05) is 30.3 Å². The number of nitrogens with zero attached hydrogens (tertiary/aromatic N) is 3. The number of rotatable bonds is 6. The number of hydrogen-bond acceptors (Lipinski definition) is 7. The fourth-order valence-electron chi connectivity index (χ4n) is 3.36. The van der Waals surface area contributed by atoms with Gasteiger partial charge in [-0.3, -0.25) is 4.79 Å². The van der Waals surface area contributed by atoms with Gasteiger partial charge in [0.25, 0.3) is 0 Å². The van der Waals surface area contributed by atoms with Crippen LogP contribution in [0.5, 0.6) is 5.75 Å². The van der Waals surface area contributed by atoms with E-state index in [1.54, 1.807) is 12.1 Å². The highest BCUT2D eigenvalue weighted by Crippen LogP contribution is 2.33. The topological polar surface area (TPSA) is 88.5 Å². The number of ether oxygens (including phenoxy) is 1. The molecule has 4 rings (SSSR count). The first kappa shape index (κ1) is 19.1. The molecule has 1 unspecified atom stereocenters. The molecule has 1 amide bonds. The van der Waals surface area contributed by atoms with Crippen LogP contribution in [0.15, 0.2) is 41.0 Å². The largest absolute Gasteiger partial charge is 0.489 e. The summed E-state index contributed by atoms with van der Waals surface area (Å²) in [6.45, 7) is 2.18. The van der Waals surface area contributed by atoms with Crippen LogP contribution >= 0.6 is 0 Å². The minimum Gasteiger partial charge on any atom is -0.489 e. The third-order valence-electron chi connectivity index (χ3n) is 4.75. The zero-order chi connectivity index (χ0) is 20.4. The van der Waals surface area contributed by atoms with Gasteiger partial charge in [-0.05, 0) is 43.2 Å². The lowest BCUT2D eigenvalue weighted by Gasteiger charge is -2.17. The van der Waals surface area contributed by atoms with Crippen molar-refractivity contribution in [1.82, 2.24) is 15.3 Å². The van der Waals surface area contributed by atoms with E-state index in [0.717, 1.165) is 10.9 Å². The Labute approximate surface area is 171 Å². The summed E-state index contributed by atoms with van der Waals surface area (Å²) in [6, 6.07) is 7.80. The molecule has 3 aromatic rings. The Morgan fingerprint density at radius 2 is 2.21 bits per heavy atom. The van der Waals surface area contributed by atoms with Gasteiger partial charge in [-0.2, -0.15) is 4.36 Å². The van der Waals surface area contributed by atoms with Gasteiger partial charge in [-0.25, -0.2) is 14.4 Å². The maximum atomic E-state index is 13.8. The van der Waals surface area contributed by atoms with E-state index in [1.165, 1.54) is 18.5 Å². The van der Waals surface area contributed by atoms with Crippen LogP contribution in [0.3, 0.4) is 0 Å². The number of hydrogen-bond donors (Lipinski definition) is 2. The summed E-state index contributed by atoms with van der Waals surface area (Å²) >= 11 is 4.78. The van der Waals surface area contributed by atoms with Crippen LogP contribution < -0.4 is 15.4 Å². The Morgan fingerprint density at radius 1 is 1.34 bits per heavy atom. The van der Waals surface area contributed by atoms with Gasteiger partial charge in [0.2, 0.25) is 5.91 Å². The molecular weight excluding hydrogens is 393 g/mol. The molecule has 2 N–H and O–H groups in total. The predicted octanol–water partition coefficient (Wildman–Crippen LogP) is 3.84. The molecule has 0 aliphatic carbocycles. The minimum atomic E-state index is -0.415. The predicted molar refractivity (Wildman–Crippen MR) is 110 cm³/mol. The van der Waals surface area contributed by atoms with E-state index in [1.807, 2.05) is 13.0 Å². The molecule has 9 heteroatoms. The highest BCUT2D eigenvalue weighted by atomic mass is 32.1. The zero-order valence-corrected chi connectivity index (χ0v) is 16.4. The molecule has 0 radical (unpaired) electrons. The first-order valence-corrected chi connectivity index (χ1v) is 9.47. The van der Waals surface area contributed by atoms with Crippen molar-refractivity contribution >= 4 is 46.4 Å². The second kappa shape index (κ2) is 8.04. The van der Waals surface area contributed by atoms with Crippen LogP contribution in [0.4, 0.5) is 21.6 Å². The van der Waals surface area contributed by atoms with Crippen LogP contribution in [-0.4, -0.2) is 28.5 Å². The molecule has 1 aromatic heterocycles. The lowest BCUT2D eigenvalue weighted by molar-refractivity contribution is -0.119. The van der Waals surface area contributed by atoms with Gasteiger partial charge in [0.15, 0.2) is 0 Å². The van der Waals surface area contributed by atoms with Crippen LogP contribution in [0.1, 0.15) is 18.4 Å². The molecule has 1 atom stereocenters. The van der Waals surface area contributed by atoms with Gasteiger partial charge in [-0.1, -0.05) is 0 Å². The Bertz CT molecular complexity index is 1110. The van der Waals surface area contributed by atoms with E-state index in [9.17, 15) is 9.18 Å². The van der Waals surface area contributed by atoms with E-state index in [2.05, 4.69) is 25.0 Å². The fraction of sp³-hybridized carbons (Fsp3) is 0.250. The van der Waals surface area contributed by atoms with Crippen molar-refractivity contribution in [2.75, 3.05) is 11.9 Å². The van der Waals surface area contributed by atoms with Crippen molar-refractivity contribution < 1.29 is 13.9 Å². The Kier molecular flexibility index (Phi) is 5.30. The molecule has 7 nitrogen and oxygen atoms in total. The van der Waals surface area contributed by atoms with Crippen molar-refractivity contribution in [3.63, 3.8) is 0 Å². The van der Waals surface area contributed by atoms with E-state index < -0.39 is 5.82 Å². The number of amides is 1. The molecule has 2 aromatic carbocycles. The summed E-state index contributed by atoms with van der Waals surface area (Å²) in [6.07, 6.45) is 2.62. The number of fused-ring (bicyclic) bond motifs is 1. The van der Waals surface area contributed by atoms with Gasteiger partial charge in [0.05, 0.1) is 22.9 Å². The lowest BCUT2D eigenvalue weighted by atomic mass is 10.1. The molecular formula is C20H18FN5O2S. The molecule has 0 spiro atoms. The van der Waals surface area contributed by atoms with E-state index in [-0.39, 0.29) is 18.6 Å². The minimum absolute atomic E-state index is 0.00399. The van der Waals surface area contributed by atoms with Gasteiger partial charge < -0.3 is 15.4 Å². The summed E-state index contributed by atoms with van der Waals surface area (Å²) in [5.74, 6) is 0.493. The van der Waals surface area contributed by atoms with E-state index in [0.29, 0.717) is 41.3 Å². The molecule has 1 fully saturated rings. The van der Waals surface area contributed by atoms with Crippen molar-refractivity contribution in [1.29, 1.82) is 0 Å². The maximum absolute atomic E-state index is 13.8. The Balaban J connectivity index is 1.64. The van der Waals surface area contributed by atoms with E-state index >= 15 is 0 Å². The SMILES string of the molecule is Cc1cc(N=S)cc2ncnc(Nc3ccc(F)cc3OCC3CCC(=O)N3)c12. The molecule has 0 saturated carbocycles. The number of anilines is 2. The summed E-state index contributed by atoms with van der Waals surface area (Å²) in [7, 11) is 0. The molecule has 148 valence electrons. The van der Waals surface area contributed by atoms with Crippen molar-refractivity contribution in [3.8, 4) is 5.75 Å². The number of benzene rings is 2. The van der Waals surface area contributed by atoms with Crippen molar-refractivity contribution in [2.45, 2.75) is 25.8 Å². The molecule has 1 saturated heterocycles. The Morgan fingerprint density at radius 3 is 2.97 bits per heavy atom. The third-order valence-corrected chi connectivity index (χ3v) is 4.96. The first-order valence-electron chi connectivity index (χ1n) is 9.11. The first-order chi connectivity index (χ1) is 14.0. The smallest absolute Gasteiger partial charge is 0.220 e. The van der Waals surface area contributed by atoms with Crippen molar-refractivity contribution in [3.05, 3.63) is 48.0 Å². The average molecular weight is 411 g/mol. The van der Waals surface area contributed by atoms with Gasteiger partial charge >= 0.3 is 0 Å². The van der Waals surface area contributed by atoms with Gasteiger partial charge in [-0.15, -0.1) is 0 Å². The number of aromatic nitrogens is 2. The number of carbonyl (C=O) groups is 1.